The van der Waals surface area contributed by atoms with Crippen LogP contribution in [-0.2, 0) is 0 Å². The third kappa shape index (κ3) is 1.89. The third-order valence-electron chi connectivity index (χ3n) is 2.85. The zero-order valence-corrected chi connectivity index (χ0v) is 9.64. The molecule has 1 heterocycles. The van der Waals surface area contributed by atoms with Crippen molar-refractivity contribution in [3.05, 3.63) is 29.8 Å². The average molecular weight is 202 g/mol. The molecule has 0 amide bonds. The molecule has 80 valence electrons. The minimum atomic E-state index is 0.477. The molecule has 1 aromatic rings. The van der Waals surface area contributed by atoms with Crippen LogP contribution in [0.25, 0.3) is 0 Å². The van der Waals surface area contributed by atoms with Crippen molar-refractivity contribution >= 4 is 11.9 Å². The lowest BCUT2D eigenvalue weighted by Gasteiger charge is -2.34. The van der Waals surface area contributed by atoms with Crippen molar-refractivity contribution in [3.8, 4) is 0 Å². The molecule has 0 fully saturated rings. The van der Waals surface area contributed by atoms with E-state index < -0.39 is 0 Å². The Kier molecular flexibility index (Phi) is 2.76. The minimum absolute atomic E-state index is 0.477. The molecule has 15 heavy (non-hydrogen) atoms. The van der Waals surface area contributed by atoms with E-state index in [1.165, 1.54) is 11.3 Å². The highest BCUT2D eigenvalue weighted by Gasteiger charge is 2.21. The molecular weight excluding hydrogens is 184 g/mol. The Morgan fingerprint density at radius 3 is 2.80 bits per heavy atom. The molecule has 2 rings (SSSR count). The molecule has 0 N–H and O–H groups in total. The van der Waals surface area contributed by atoms with Gasteiger partial charge in [0, 0.05) is 29.5 Å². The number of hydrogen-bond donors (Lipinski definition) is 0. The van der Waals surface area contributed by atoms with Crippen LogP contribution in [0.4, 0.5) is 5.69 Å². The maximum absolute atomic E-state index is 4.46. The first-order chi connectivity index (χ1) is 7.20. The number of benzodiazepines with no additional fused rings is 1. The van der Waals surface area contributed by atoms with Gasteiger partial charge in [-0.25, -0.2) is 0 Å². The van der Waals surface area contributed by atoms with Gasteiger partial charge in [0.1, 0.15) is 0 Å². The van der Waals surface area contributed by atoms with Crippen LogP contribution in [0, 0.1) is 0 Å². The smallest absolute Gasteiger partial charge is 0.0591 e. The van der Waals surface area contributed by atoms with E-state index in [4.69, 9.17) is 0 Å². The van der Waals surface area contributed by atoms with Gasteiger partial charge in [0.05, 0.1) is 6.54 Å². The molecule has 1 aliphatic heterocycles. The summed E-state index contributed by atoms with van der Waals surface area (Å²) in [6.07, 6.45) is 1.99. The number of rotatable bonds is 1. The van der Waals surface area contributed by atoms with Crippen molar-refractivity contribution < 1.29 is 0 Å². The number of benzene rings is 1. The first-order valence-corrected chi connectivity index (χ1v) is 5.57. The topological polar surface area (TPSA) is 15.6 Å². The Balaban J connectivity index is 2.48. The molecule has 0 bridgehead atoms. The standard InChI is InChI=1S/C13H18N2/c1-10(2)15-11(3)8-14-9-12-6-4-5-7-13(12)15/h4-7,9-11H,8H2,1-3H3. The Morgan fingerprint density at radius 2 is 2.07 bits per heavy atom. The second kappa shape index (κ2) is 4.05. The molecule has 0 spiro atoms. The Morgan fingerprint density at radius 1 is 1.33 bits per heavy atom. The number of para-hydroxylation sites is 1. The maximum atomic E-state index is 4.46. The summed E-state index contributed by atoms with van der Waals surface area (Å²) >= 11 is 0. The van der Waals surface area contributed by atoms with Crippen LogP contribution in [0.5, 0.6) is 0 Å². The Hall–Kier alpha value is -1.31. The van der Waals surface area contributed by atoms with Gasteiger partial charge in [-0.3, -0.25) is 4.99 Å². The molecule has 0 aromatic heterocycles. The van der Waals surface area contributed by atoms with Crippen LogP contribution in [-0.4, -0.2) is 24.8 Å². The van der Waals surface area contributed by atoms with E-state index in [9.17, 15) is 0 Å². The fourth-order valence-corrected chi connectivity index (χ4v) is 2.25. The molecule has 1 atom stereocenters. The van der Waals surface area contributed by atoms with Crippen LogP contribution in [0.3, 0.4) is 0 Å². The number of aliphatic imine (C=N–C) groups is 1. The third-order valence-corrected chi connectivity index (χ3v) is 2.85. The van der Waals surface area contributed by atoms with Crippen molar-refractivity contribution in [1.82, 2.24) is 0 Å². The van der Waals surface area contributed by atoms with Crippen LogP contribution >= 0.6 is 0 Å². The van der Waals surface area contributed by atoms with Gasteiger partial charge in [0.15, 0.2) is 0 Å². The molecule has 2 heteroatoms. The molecule has 1 aromatic carbocycles. The molecule has 2 nitrogen and oxygen atoms in total. The summed E-state index contributed by atoms with van der Waals surface area (Å²) < 4.78 is 0. The van der Waals surface area contributed by atoms with Crippen LogP contribution in [0.15, 0.2) is 29.3 Å². The highest BCUT2D eigenvalue weighted by molar-refractivity contribution is 5.89. The zero-order valence-electron chi connectivity index (χ0n) is 9.64. The average Bonchev–Trinajstić information content (AvgIpc) is 2.35. The molecule has 0 radical (unpaired) electrons. The summed E-state index contributed by atoms with van der Waals surface area (Å²) in [5.74, 6) is 0. The molecule has 1 aliphatic rings. The van der Waals surface area contributed by atoms with Gasteiger partial charge in [-0.2, -0.15) is 0 Å². The summed E-state index contributed by atoms with van der Waals surface area (Å²) in [6, 6.07) is 9.47. The van der Waals surface area contributed by atoms with Crippen LogP contribution in [0.1, 0.15) is 26.3 Å². The van der Waals surface area contributed by atoms with E-state index in [0.717, 1.165) is 6.54 Å². The normalized spacial score (nSPS) is 20.3. The monoisotopic (exact) mass is 202 g/mol. The highest BCUT2D eigenvalue weighted by Crippen LogP contribution is 2.25. The predicted octanol–water partition coefficient (Wildman–Crippen LogP) is 2.72. The second-order valence-electron chi connectivity index (χ2n) is 4.40. The largest absolute Gasteiger partial charge is 0.364 e. The minimum Gasteiger partial charge on any atom is -0.364 e. The van der Waals surface area contributed by atoms with Gasteiger partial charge in [-0.15, -0.1) is 0 Å². The molecule has 0 saturated carbocycles. The maximum Gasteiger partial charge on any atom is 0.0591 e. The SMILES string of the molecule is CC(C)N1c2ccccc2C=NCC1C. The van der Waals surface area contributed by atoms with E-state index in [1.54, 1.807) is 0 Å². The molecule has 0 aliphatic carbocycles. The van der Waals surface area contributed by atoms with Gasteiger partial charge in [-0.1, -0.05) is 18.2 Å². The van der Waals surface area contributed by atoms with E-state index in [1.807, 2.05) is 6.21 Å². The van der Waals surface area contributed by atoms with Gasteiger partial charge in [-0.05, 0) is 26.8 Å². The summed E-state index contributed by atoms with van der Waals surface area (Å²) in [7, 11) is 0. The summed E-state index contributed by atoms with van der Waals surface area (Å²) in [5, 5.41) is 0. The fourth-order valence-electron chi connectivity index (χ4n) is 2.25. The summed E-state index contributed by atoms with van der Waals surface area (Å²) in [5.41, 5.74) is 2.54. The van der Waals surface area contributed by atoms with E-state index in [-0.39, 0.29) is 0 Å². The Bertz CT molecular complexity index is 369. The first kappa shape index (κ1) is 10.2. The lowest BCUT2D eigenvalue weighted by Crippen LogP contribution is -2.40. The fraction of sp³-hybridized carbons (Fsp3) is 0.462. The van der Waals surface area contributed by atoms with Crippen molar-refractivity contribution in [2.75, 3.05) is 11.4 Å². The van der Waals surface area contributed by atoms with Crippen LogP contribution in [0.2, 0.25) is 0 Å². The number of anilines is 1. The predicted molar refractivity (Wildman–Crippen MR) is 66.0 cm³/mol. The molecule has 1 unspecified atom stereocenters. The number of hydrogen-bond acceptors (Lipinski definition) is 2. The van der Waals surface area contributed by atoms with Gasteiger partial charge in [0.25, 0.3) is 0 Å². The van der Waals surface area contributed by atoms with E-state index in [2.05, 4.69) is 54.9 Å². The molecule has 0 saturated heterocycles. The van der Waals surface area contributed by atoms with Gasteiger partial charge in [0.2, 0.25) is 0 Å². The lowest BCUT2D eigenvalue weighted by atomic mass is 10.1. The number of nitrogens with zero attached hydrogens (tertiary/aromatic N) is 2. The summed E-state index contributed by atoms with van der Waals surface area (Å²) in [4.78, 5) is 6.91. The Labute approximate surface area is 91.6 Å². The van der Waals surface area contributed by atoms with Gasteiger partial charge >= 0.3 is 0 Å². The lowest BCUT2D eigenvalue weighted by molar-refractivity contribution is 0.585. The molecular formula is C13H18N2. The second-order valence-corrected chi connectivity index (χ2v) is 4.40. The van der Waals surface area contributed by atoms with Crippen molar-refractivity contribution in [3.63, 3.8) is 0 Å². The van der Waals surface area contributed by atoms with Crippen LogP contribution < -0.4 is 4.90 Å². The van der Waals surface area contributed by atoms with E-state index >= 15 is 0 Å². The van der Waals surface area contributed by atoms with E-state index in [0.29, 0.717) is 12.1 Å². The quantitative estimate of drug-likeness (QED) is 0.683. The van der Waals surface area contributed by atoms with Gasteiger partial charge < -0.3 is 4.90 Å². The van der Waals surface area contributed by atoms with Crippen molar-refractivity contribution in [1.29, 1.82) is 0 Å². The zero-order chi connectivity index (χ0) is 10.8. The summed E-state index contributed by atoms with van der Waals surface area (Å²) in [6.45, 7) is 7.59. The van der Waals surface area contributed by atoms with Crippen molar-refractivity contribution in [2.45, 2.75) is 32.9 Å². The highest BCUT2D eigenvalue weighted by atomic mass is 15.2. The van der Waals surface area contributed by atoms with Crippen molar-refractivity contribution in [2.24, 2.45) is 4.99 Å². The first-order valence-electron chi connectivity index (χ1n) is 5.57. The number of fused-ring (bicyclic) bond motifs is 1.